The van der Waals surface area contributed by atoms with E-state index >= 15 is 0 Å². The fourth-order valence-corrected chi connectivity index (χ4v) is 3.88. The van der Waals surface area contributed by atoms with Crippen molar-refractivity contribution in [3.8, 4) is 11.3 Å². The summed E-state index contributed by atoms with van der Waals surface area (Å²) in [6.07, 6.45) is 10.4. The summed E-state index contributed by atoms with van der Waals surface area (Å²) in [6, 6.07) is 6.35. The minimum absolute atomic E-state index is 0.0132. The number of carbonyl (C=O) groups excluding carboxylic acids is 1. The number of nitrogens with one attached hydrogen (secondary N) is 3. The lowest BCUT2D eigenvalue weighted by Gasteiger charge is -2.24. The standard InChI is InChI=1S/C22H25N7O/c30-21(14-2-1-3-14)29-22-25-11-16-5-4-15(10-18(16)28-22)19-12-24-13-20(27-19)26-17-6-8-23-9-7-17/h4-5,10-14,17,23H,1-3,6-9H2,(H,26,27)(H,25,28,29,30). The van der Waals surface area contributed by atoms with Gasteiger partial charge in [0.1, 0.15) is 5.82 Å². The highest BCUT2D eigenvalue weighted by Crippen LogP contribution is 2.28. The number of carbonyl (C=O) groups is 1. The Kier molecular flexibility index (Phi) is 5.23. The lowest BCUT2D eigenvalue weighted by Crippen LogP contribution is -2.35. The lowest BCUT2D eigenvalue weighted by atomic mass is 9.85. The smallest absolute Gasteiger partial charge is 0.229 e. The molecule has 2 aromatic heterocycles. The Balaban J connectivity index is 1.37. The highest BCUT2D eigenvalue weighted by Gasteiger charge is 2.25. The Morgan fingerprint density at radius 1 is 1.03 bits per heavy atom. The van der Waals surface area contributed by atoms with Crippen molar-refractivity contribution in [1.82, 2.24) is 25.3 Å². The summed E-state index contributed by atoms with van der Waals surface area (Å²) in [4.78, 5) is 30.1. The number of piperidine rings is 1. The van der Waals surface area contributed by atoms with Crippen molar-refractivity contribution in [2.75, 3.05) is 23.7 Å². The van der Waals surface area contributed by atoms with E-state index in [1.165, 1.54) is 0 Å². The lowest BCUT2D eigenvalue weighted by molar-refractivity contribution is -0.122. The molecule has 1 aromatic carbocycles. The summed E-state index contributed by atoms with van der Waals surface area (Å²) < 4.78 is 0. The molecular formula is C22H25N7O. The van der Waals surface area contributed by atoms with E-state index in [0.29, 0.717) is 12.0 Å². The van der Waals surface area contributed by atoms with Crippen LogP contribution in [0.1, 0.15) is 32.1 Å². The van der Waals surface area contributed by atoms with Crippen LogP contribution in [-0.4, -0.2) is 45.0 Å². The first kappa shape index (κ1) is 18.9. The summed E-state index contributed by atoms with van der Waals surface area (Å²) in [6.45, 7) is 2.05. The van der Waals surface area contributed by atoms with Crippen LogP contribution in [0.15, 0.2) is 36.8 Å². The monoisotopic (exact) mass is 403 g/mol. The third kappa shape index (κ3) is 4.09. The van der Waals surface area contributed by atoms with Gasteiger partial charge in [-0.1, -0.05) is 18.6 Å². The summed E-state index contributed by atoms with van der Waals surface area (Å²) in [7, 11) is 0. The first-order valence-electron chi connectivity index (χ1n) is 10.6. The van der Waals surface area contributed by atoms with Gasteiger partial charge in [-0.15, -0.1) is 0 Å². The van der Waals surface area contributed by atoms with E-state index < -0.39 is 0 Å². The molecule has 30 heavy (non-hydrogen) atoms. The van der Waals surface area contributed by atoms with Gasteiger partial charge in [-0.25, -0.2) is 15.0 Å². The number of amides is 1. The maximum Gasteiger partial charge on any atom is 0.229 e. The summed E-state index contributed by atoms with van der Waals surface area (Å²) >= 11 is 0. The predicted molar refractivity (Wildman–Crippen MR) is 116 cm³/mol. The number of aromatic nitrogens is 4. The maximum atomic E-state index is 12.2. The number of anilines is 2. The van der Waals surface area contributed by atoms with Gasteiger partial charge in [0.25, 0.3) is 0 Å². The van der Waals surface area contributed by atoms with Crippen molar-refractivity contribution in [2.24, 2.45) is 5.92 Å². The Hall–Kier alpha value is -3.13. The molecular weight excluding hydrogens is 378 g/mol. The molecule has 0 unspecified atom stereocenters. The molecule has 3 heterocycles. The Morgan fingerprint density at radius 2 is 1.90 bits per heavy atom. The SMILES string of the molecule is O=C(Nc1ncc2ccc(-c3cncc(NC4CCNCC4)n3)cc2n1)C1CCC1. The van der Waals surface area contributed by atoms with E-state index in [2.05, 4.69) is 30.9 Å². The molecule has 1 aliphatic heterocycles. The maximum absolute atomic E-state index is 12.2. The molecule has 8 nitrogen and oxygen atoms in total. The van der Waals surface area contributed by atoms with E-state index in [9.17, 15) is 4.79 Å². The number of nitrogens with zero attached hydrogens (tertiary/aromatic N) is 4. The van der Waals surface area contributed by atoms with Crippen LogP contribution in [0.4, 0.5) is 11.8 Å². The van der Waals surface area contributed by atoms with E-state index in [0.717, 1.165) is 73.2 Å². The molecule has 154 valence electrons. The van der Waals surface area contributed by atoms with Crippen molar-refractivity contribution in [3.05, 3.63) is 36.8 Å². The first-order valence-corrected chi connectivity index (χ1v) is 10.6. The van der Waals surface area contributed by atoms with Crippen molar-refractivity contribution >= 4 is 28.6 Å². The summed E-state index contributed by atoms with van der Waals surface area (Å²) in [5.74, 6) is 1.25. The topological polar surface area (TPSA) is 105 Å². The van der Waals surface area contributed by atoms with Gasteiger partial charge in [-0.2, -0.15) is 0 Å². The Labute approximate surface area is 174 Å². The van der Waals surface area contributed by atoms with Crippen molar-refractivity contribution in [2.45, 2.75) is 38.1 Å². The zero-order valence-electron chi connectivity index (χ0n) is 16.8. The average Bonchev–Trinajstić information content (AvgIpc) is 2.73. The molecule has 1 amide bonds. The van der Waals surface area contributed by atoms with Gasteiger partial charge in [0.05, 0.1) is 23.6 Å². The van der Waals surface area contributed by atoms with E-state index in [1.54, 1.807) is 18.6 Å². The minimum Gasteiger partial charge on any atom is -0.366 e. The molecule has 2 aliphatic rings. The molecule has 3 aromatic rings. The number of fused-ring (bicyclic) bond motifs is 1. The van der Waals surface area contributed by atoms with Crippen molar-refractivity contribution < 1.29 is 4.79 Å². The molecule has 0 bridgehead atoms. The highest BCUT2D eigenvalue weighted by atomic mass is 16.2. The second kappa shape index (κ2) is 8.31. The predicted octanol–water partition coefficient (Wildman–Crippen LogP) is 2.99. The largest absolute Gasteiger partial charge is 0.366 e. The van der Waals surface area contributed by atoms with Crippen LogP contribution in [0, 0.1) is 5.92 Å². The van der Waals surface area contributed by atoms with Crippen LogP contribution in [-0.2, 0) is 4.79 Å². The van der Waals surface area contributed by atoms with Crippen LogP contribution in [0.3, 0.4) is 0 Å². The van der Waals surface area contributed by atoms with Gasteiger partial charge >= 0.3 is 0 Å². The molecule has 0 spiro atoms. The normalized spacial score (nSPS) is 17.5. The summed E-state index contributed by atoms with van der Waals surface area (Å²) in [5, 5.41) is 10.6. The van der Waals surface area contributed by atoms with Crippen LogP contribution >= 0.6 is 0 Å². The van der Waals surface area contributed by atoms with Gasteiger partial charge in [-0.3, -0.25) is 15.1 Å². The van der Waals surface area contributed by atoms with Crippen LogP contribution in [0.25, 0.3) is 22.2 Å². The molecule has 8 heteroatoms. The molecule has 3 N–H and O–H groups in total. The molecule has 0 atom stereocenters. The van der Waals surface area contributed by atoms with Gasteiger partial charge in [0.15, 0.2) is 0 Å². The fraction of sp³-hybridized carbons (Fsp3) is 0.409. The molecule has 1 saturated carbocycles. The highest BCUT2D eigenvalue weighted by molar-refractivity contribution is 5.92. The van der Waals surface area contributed by atoms with Crippen LogP contribution in [0.5, 0.6) is 0 Å². The summed E-state index contributed by atoms with van der Waals surface area (Å²) in [5.41, 5.74) is 2.48. The second-order valence-corrected chi connectivity index (χ2v) is 8.04. The van der Waals surface area contributed by atoms with Gasteiger partial charge in [0, 0.05) is 29.1 Å². The third-order valence-corrected chi connectivity index (χ3v) is 5.92. The fourth-order valence-electron chi connectivity index (χ4n) is 3.88. The molecule has 0 radical (unpaired) electrons. The zero-order valence-corrected chi connectivity index (χ0v) is 16.8. The van der Waals surface area contributed by atoms with Gasteiger partial charge < -0.3 is 10.6 Å². The number of hydrogen-bond acceptors (Lipinski definition) is 7. The van der Waals surface area contributed by atoms with Crippen molar-refractivity contribution in [1.29, 1.82) is 0 Å². The molecule has 1 aliphatic carbocycles. The van der Waals surface area contributed by atoms with Crippen molar-refractivity contribution in [3.63, 3.8) is 0 Å². The van der Waals surface area contributed by atoms with Crippen LogP contribution in [0.2, 0.25) is 0 Å². The first-order chi connectivity index (χ1) is 14.7. The molecule has 2 fully saturated rings. The Bertz CT molecular complexity index is 1060. The average molecular weight is 403 g/mol. The van der Waals surface area contributed by atoms with E-state index in [4.69, 9.17) is 4.98 Å². The Morgan fingerprint density at radius 3 is 2.70 bits per heavy atom. The number of benzene rings is 1. The van der Waals surface area contributed by atoms with E-state index in [-0.39, 0.29) is 11.8 Å². The molecule has 1 saturated heterocycles. The molecule has 5 rings (SSSR count). The second-order valence-electron chi connectivity index (χ2n) is 8.04. The van der Waals surface area contributed by atoms with E-state index in [1.807, 2.05) is 18.2 Å². The number of hydrogen-bond donors (Lipinski definition) is 3. The third-order valence-electron chi connectivity index (χ3n) is 5.92. The van der Waals surface area contributed by atoms with Crippen LogP contribution < -0.4 is 16.0 Å². The quantitative estimate of drug-likeness (QED) is 0.601. The number of rotatable bonds is 5. The minimum atomic E-state index is 0.0132. The zero-order chi connectivity index (χ0) is 20.3. The van der Waals surface area contributed by atoms with Gasteiger partial charge in [-0.05, 0) is 44.8 Å². The van der Waals surface area contributed by atoms with Gasteiger partial charge in [0.2, 0.25) is 11.9 Å².